The van der Waals surface area contributed by atoms with Crippen molar-refractivity contribution in [3.05, 3.63) is 48.3 Å². The average Bonchev–Trinajstić information content (AvgIpc) is 3.10. The van der Waals surface area contributed by atoms with Crippen molar-refractivity contribution in [2.24, 2.45) is 5.92 Å². The Morgan fingerprint density at radius 1 is 1.17 bits per heavy atom. The van der Waals surface area contributed by atoms with Gasteiger partial charge in [-0.1, -0.05) is 13.8 Å². The summed E-state index contributed by atoms with van der Waals surface area (Å²) in [6.07, 6.45) is 3.40. The Hall–Kier alpha value is -3.20. The SMILES string of the molecule is CC(C)COc1ccc(-c2n[nH]c(-c3ccncc3)n2)cc1C#N. The van der Waals surface area contributed by atoms with E-state index in [0.29, 0.717) is 35.5 Å². The third-order valence-corrected chi connectivity index (χ3v) is 3.37. The maximum absolute atomic E-state index is 9.35. The zero-order chi connectivity index (χ0) is 16.9. The van der Waals surface area contributed by atoms with Gasteiger partial charge in [-0.2, -0.15) is 10.4 Å². The minimum Gasteiger partial charge on any atom is -0.492 e. The van der Waals surface area contributed by atoms with Crippen molar-refractivity contribution in [1.29, 1.82) is 5.26 Å². The van der Waals surface area contributed by atoms with Crippen LogP contribution < -0.4 is 4.74 Å². The van der Waals surface area contributed by atoms with E-state index in [1.54, 1.807) is 24.5 Å². The van der Waals surface area contributed by atoms with Gasteiger partial charge in [-0.15, -0.1) is 0 Å². The lowest BCUT2D eigenvalue weighted by Gasteiger charge is -2.10. The van der Waals surface area contributed by atoms with E-state index < -0.39 is 0 Å². The zero-order valence-corrected chi connectivity index (χ0v) is 13.5. The van der Waals surface area contributed by atoms with Gasteiger partial charge in [-0.25, -0.2) is 4.98 Å². The van der Waals surface area contributed by atoms with Crippen LogP contribution in [0.3, 0.4) is 0 Å². The first-order valence-electron chi connectivity index (χ1n) is 7.67. The highest BCUT2D eigenvalue weighted by Gasteiger charge is 2.11. The third kappa shape index (κ3) is 3.41. The molecule has 0 saturated heterocycles. The van der Waals surface area contributed by atoms with Gasteiger partial charge in [0.2, 0.25) is 0 Å². The van der Waals surface area contributed by atoms with E-state index in [1.807, 2.05) is 18.2 Å². The van der Waals surface area contributed by atoms with Crippen LogP contribution in [0, 0.1) is 17.2 Å². The van der Waals surface area contributed by atoms with E-state index in [1.165, 1.54) is 0 Å². The van der Waals surface area contributed by atoms with Gasteiger partial charge < -0.3 is 4.74 Å². The lowest BCUT2D eigenvalue weighted by atomic mass is 10.1. The zero-order valence-electron chi connectivity index (χ0n) is 13.5. The number of pyridine rings is 1. The topological polar surface area (TPSA) is 87.5 Å². The summed E-state index contributed by atoms with van der Waals surface area (Å²) < 4.78 is 5.68. The van der Waals surface area contributed by atoms with Crippen LogP contribution in [0.2, 0.25) is 0 Å². The van der Waals surface area contributed by atoms with Gasteiger partial charge in [-0.05, 0) is 36.2 Å². The lowest BCUT2D eigenvalue weighted by molar-refractivity contribution is 0.270. The number of rotatable bonds is 5. The van der Waals surface area contributed by atoms with Gasteiger partial charge in [-0.3, -0.25) is 10.1 Å². The molecular weight excluding hydrogens is 302 g/mol. The summed E-state index contributed by atoms with van der Waals surface area (Å²) >= 11 is 0. The van der Waals surface area contributed by atoms with E-state index in [2.05, 4.69) is 40.1 Å². The van der Waals surface area contributed by atoms with Gasteiger partial charge in [0.15, 0.2) is 11.6 Å². The van der Waals surface area contributed by atoms with Crippen molar-refractivity contribution in [3.8, 4) is 34.6 Å². The molecule has 120 valence electrons. The smallest absolute Gasteiger partial charge is 0.181 e. The van der Waals surface area contributed by atoms with Crippen molar-refractivity contribution < 1.29 is 4.74 Å². The first-order valence-corrected chi connectivity index (χ1v) is 7.67. The summed E-state index contributed by atoms with van der Waals surface area (Å²) in [5.41, 5.74) is 2.14. The van der Waals surface area contributed by atoms with Gasteiger partial charge >= 0.3 is 0 Å². The first kappa shape index (κ1) is 15.7. The van der Waals surface area contributed by atoms with E-state index in [4.69, 9.17) is 4.74 Å². The molecule has 6 nitrogen and oxygen atoms in total. The van der Waals surface area contributed by atoms with Gasteiger partial charge in [0.05, 0.1) is 12.2 Å². The molecule has 24 heavy (non-hydrogen) atoms. The third-order valence-electron chi connectivity index (χ3n) is 3.37. The highest BCUT2D eigenvalue weighted by Crippen LogP contribution is 2.26. The number of H-pyrrole nitrogens is 1. The fourth-order valence-electron chi connectivity index (χ4n) is 2.17. The number of aromatic amines is 1. The average molecular weight is 319 g/mol. The van der Waals surface area contributed by atoms with Gasteiger partial charge in [0.25, 0.3) is 0 Å². The monoisotopic (exact) mass is 319 g/mol. The summed E-state index contributed by atoms with van der Waals surface area (Å²) in [6.45, 7) is 4.70. The second-order valence-corrected chi connectivity index (χ2v) is 5.77. The molecule has 0 aliphatic rings. The number of benzene rings is 1. The number of ether oxygens (including phenoxy) is 1. The lowest BCUT2D eigenvalue weighted by Crippen LogP contribution is -2.05. The van der Waals surface area contributed by atoms with Crippen molar-refractivity contribution in [2.45, 2.75) is 13.8 Å². The molecule has 2 heterocycles. The fraction of sp³-hybridized carbons (Fsp3) is 0.222. The maximum Gasteiger partial charge on any atom is 0.181 e. The number of nitriles is 1. The minimum atomic E-state index is 0.396. The molecule has 1 aromatic carbocycles. The van der Waals surface area contributed by atoms with Crippen molar-refractivity contribution >= 4 is 0 Å². The Balaban J connectivity index is 1.88. The molecule has 0 aliphatic heterocycles. The van der Waals surface area contributed by atoms with E-state index >= 15 is 0 Å². The molecule has 0 saturated carbocycles. The Labute approximate surface area is 140 Å². The second kappa shape index (κ2) is 6.92. The molecule has 0 bridgehead atoms. The Morgan fingerprint density at radius 2 is 1.96 bits per heavy atom. The van der Waals surface area contributed by atoms with E-state index in [9.17, 15) is 5.26 Å². The Bertz CT molecular complexity index is 865. The van der Waals surface area contributed by atoms with E-state index in [-0.39, 0.29) is 0 Å². The van der Waals surface area contributed by atoms with Crippen molar-refractivity contribution in [2.75, 3.05) is 6.61 Å². The minimum absolute atomic E-state index is 0.396. The van der Waals surface area contributed by atoms with Crippen molar-refractivity contribution in [3.63, 3.8) is 0 Å². The highest BCUT2D eigenvalue weighted by atomic mass is 16.5. The molecule has 2 aromatic heterocycles. The number of nitrogens with one attached hydrogen (secondary N) is 1. The highest BCUT2D eigenvalue weighted by molar-refractivity contribution is 5.64. The normalized spacial score (nSPS) is 10.6. The molecule has 0 amide bonds. The van der Waals surface area contributed by atoms with Gasteiger partial charge in [0.1, 0.15) is 11.8 Å². The van der Waals surface area contributed by atoms with Crippen LogP contribution in [0.25, 0.3) is 22.8 Å². The molecule has 0 radical (unpaired) electrons. The molecule has 0 aliphatic carbocycles. The van der Waals surface area contributed by atoms with Crippen LogP contribution in [0.4, 0.5) is 0 Å². The number of aromatic nitrogens is 4. The molecule has 3 aromatic rings. The Kier molecular flexibility index (Phi) is 4.52. The number of nitrogens with zero attached hydrogens (tertiary/aromatic N) is 4. The Morgan fingerprint density at radius 3 is 2.67 bits per heavy atom. The molecule has 3 rings (SSSR count). The van der Waals surface area contributed by atoms with Crippen molar-refractivity contribution in [1.82, 2.24) is 20.2 Å². The number of hydrogen-bond acceptors (Lipinski definition) is 5. The molecule has 1 N–H and O–H groups in total. The summed E-state index contributed by atoms with van der Waals surface area (Å²) in [6, 6.07) is 11.3. The van der Waals surface area contributed by atoms with Crippen LogP contribution in [0.1, 0.15) is 19.4 Å². The first-order chi connectivity index (χ1) is 11.7. The molecular formula is C18H17N5O. The summed E-state index contributed by atoms with van der Waals surface area (Å²) in [4.78, 5) is 8.47. The van der Waals surface area contributed by atoms with Crippen LogP contribution in [0.15, 0.2) is 42.7 Å². The largest absolute Gasteiger partial charge is 0.492 e. The predicted molar refractivity (Wildman–Crippen MR) is 90.1 cm³/mol. The summed E-state index contributed by atoms with van der Waals surface area (Å²) in [5.74, 6) is 2.17. The summed E-state index contributed by atoms with van der Waals surface area (Å²) in [5, 5.41) is 16.5. The molecule has 0 spiro atoms. The van der Waals surface area contributed by atoms with Crippen LogP contribution >= 0.6 is 0 Å². The standard InChI is InChI=1S/C18H17N5O/c1-12(2)11-24-16-4-3-14(9-15(16)10-19)18-21-17(22-23-18)13-5-7-20-8-6-13/h3-9,12H,11H2,1-2H3,(H,21,22,23). The molecule has 0 unspecified atom stereocenters. The second-order valence-electron chi connectivity index (χ2n) is 5.77. The summed E-state index contributed by atoms with van der Waals surface area (Å²) in [7, 11) is 0. The molecule has 0 fully saturated rings. The van der Waals surface area contributed by atoms with Gasteiger partial charge in [0, 0.05) is 23.5 Å². The quantitative estimate of drug-likeness (QED) is 0.778. The number of hydrogen-bond donors (Lipinski definition) is 1. The maximum atomic E-state index is 9.35. The molecule has 0 atom stereocenters. The van der Waals surface area contributed by atoms with E-state index in [0.717, 1.165) is 11.1 Å². The molecule has 6 heteroatoms. The van der Waals surface area contributed by atoms with Crippen LogP contribution in [-0.4, -0.2) is 26.8 Å². The van der Waals surface area contributed by atoms with Crippen LogP contribution in [-0.2, 0) is 0 Å². The van der Waals surface area contributed by atoms with Crippen LogP contribution in [0.5, 0.6) is 5.75 Å². The fourth-order valence-corrected chi connectivity index (χ4v) is 2.17. The predicted octanol–water partition coefficient (Wildman–Crippen LogP) is 3.44.